The van der Waals surface area contributed by atoms with Crippen molar-refractivity contribution in [1.82, 2.24) is 0 Å². The van der Waals surface area contributed by atoms with Crippen LogP contribution < -0.4 is 5.14 Å². The molecule has 2 N–H and O–H groups in total. The Morgan fingerprint density at radius 3 is 2.45 bits per heavy atom. The van der Waals surface area contributed by atoms with Crippen LogP contribution in [0.2, 0.25) is 0 Å². The Hall–Kier alpha value is -0.730. The Balaban J connectivity index is 2.73. The lowest BCUT2D eigenvalue weighted by Crippen LogP contribution is -1.73. The molecule has 11 heavy (non-hydrogen) atoms. The minimum absolute atomic E-state index is 1.19. The highest BCUT2D eigenvalue weighted by atomic mass is 32.2. The molecule has 0 bridgehead atoms. The molecule has 0 aliphatic heterocycles. The molecule has 2 heteroatoms. The Bertz CT molecular complexity index is 238. The standard InChI is InChI=1S/C9H11NS/c1-8-2-4-9(5-3-8)6-7-11-10/h2-7H,10H2,1H3/b7-6+. The van der Waals surface area contributed by atoms with E-state index in [1.165, 1.54) is 23.1 Å². The number of hydrogen-bond donors (Lipinski definition) is 1. The fourth-order valence-electron chi connectivity index (χ4n) is 0.795. The molecule has 0 amide bonds. The predicted molar refractivity (Wildman–Crippen MR) is 52.0 cm³/mol. The van der Waals surface area contributed by atoms with Crippen molar-refractivity contribution in [2.24, 2.45) is 5.14 Å². The largest absolute Gasteiger partial charge is 0.274 e. The summed E-state index contributed by atoms with van der Waals surface area (Å²) >= 11 is 1.22. The Kier molecular flexibility index (Phi) is 3.20. The quantitative estimate of drug-likeness (QED) is 0.682. The molecular formula is C9H11NS. The minimum atomic E-state index is 1.19. The molecule has 0 spiro atoms. The van der Waals surface area contributed by atoms with Gasteiger partial charge in [-0.05, 0) is 24.0 Å². The van der Waals surface area contributed by atoms with Crippen LogP contribution in [0.4, 0.5) is 0 Å². The van der Waals surface area contributed by atoms with Gasteiger partial charge in [-0.25, -0.2) is 0 Å². The highest BCUT2D eigenvalue weighted by Gasteiger charge is 1.84. The summed E-state index contributed by atoms with van der Waals surface area (Å²) in [5.74, 6) is 0. The first-order chi connectivity index (χ1) is 5.33. The van der Waals surface area contributed by atoms with E-state index in [1.54, 1.807) is 0 Å². The van der Waals surface area contributed by atoms with Crippen LogP contribution in [0, 0.1) is 6.92 Å². The zero-order chi connectivity index (χ0) is 8.10. The average Bonchev–Trinajstić information content (AvgIpc) is 2.04. The first-order valence-corrected chi connectivity index (χ1v) is 4.36. The van der Waals surface area contributed by atoms with E-state index in [9.17, 15) is 0 Å². The van der Waals surface area contributed by atoms with Crippen LogP contribution in [0.5, 0.6) is 0 Å². The summed E-state index contributed by atoms with van der Waals surface area (Å²) in [7, 11) is 0. The van der Waals surface area contributed by atoms with Crippen LogP contribution in [0.25, 0.3) is 6.08 Å². The van der Waals surface area contributed by atoms with Crippen molar-refractivity contribution in [2.45, 2.75) is 6.92 Å². The number of aryl methyl sites for hydroxylation is 1. The molecule has 1 rings (SSSR count). The van der Waals surface area contributed by atoms with Gasteiger partial charge in [0, 0.05) is 0 Å². The van der Waals surface area contributed by atoms with Gasteiger partial charge in [0.1, 0.15) is 0 Å². The van der Waals surface area contributed by atoms with Crippen LogP contribution in [0.15, 0.2) is 29.7 Å². The lowest BCUT2D eigenvalue weighted by molar-refractivity contribution is 1.46. The topological polar surface area (TPSA) is 26.0 Å². The van der Waals surface area contributed by atoms with E-state index < -0.39 is 0 Å². The zero-order valence-electron chi connectivity index (χ0n) is 6.45. The summed E-state index contributed by atoms with van der Waals surface area (Å²) in [6.45, 7) is 2.07. The maximum absolute atomic E-state index is 5.24. The van der Waals surface area contributed by atoms with Gasteiger partial charge in [-0.3, -0.25) is 5.14 Å². The van der Waals surface area contributed by atoms with E-state index in [-0.39, 0.29) is 0 Å². The van der Waals surface area contributed by atoms with Crippen molar-refractivity contribution < 1.29 is 0 Å². The van der Waals surface area contributed by atoms with Gasteiger partial charge in [0.15, 0.2) is 0 Å². The number of nitrogens with two attached hydrogens (primary N) is 1. The van der Waals surface area contributed by atoms with Gasteiger partial charge >= 0.3 is 0 Å². The highest BCUT2D eigenvalue weighted by molar-refractivity contribution is 8.00. The summed E-state index contributed by atoms with van der Waals surface area (Å²) in [5, 5.41) is 7.10. The van der Waals surface area contributed by atoms with Crippen molar-refractivity contribution in [3.8, 4) is 0 Å². The lowest BCUT2D eigenvalue weighted by Gasteiger charge is -1.92. The summed E-state index contributed by atoms with van der Waals surface area (Å²) in [6, 6.07) is 8.31. The summed E-state index contributed by atoms with van der Waals surface area (Å²) < 4.78 is 0. The van der Waals surface area contributed by atoms with Gasteiger partial charge in [-0.2, -0.15) is 0 Å². The van der Waals surface area contributed by atoms with Crippen LogP contribution in [-0.2, 0) is 0 Å². The molecule has 0 saturated carbocycles. The Morgan fingerprint density at radius 1 is 1.27 bits per heavy atom. The van der Waals surface area contributed by atoms with Crippen molar-refractivity contribution in [3.05, 3.63) is 40.8 Å². The fourth-order valence-corrected chi connectivity index (χ4v) is 1.03. The van der Waals surface area contributed by atoms with Crippen molar-refractivity contribution >= 4 is 18.0 Å². The molecule has 0 fully saturated rings. The highest BCUT2D eigenvalue weighted by Crippen LogP contribution is 2.06. The van der Waals surface area contributed by atoms with Crippen molar-refractivity contribution in [1.29, 1.82) is 0 Å². The van der Waals surface area contributed by atoms with E-state index in [1.807, 2.05) is 11.5 Å². The molecule has 0 unspecified atom stereocenters. The maximum Gasteiger partial charge on any atom is -0.0132 e. The predicted octanol–water partition coefficient (Wildman–Crippen LogP) is 2.57. The molecule has 58 valence electrons. The van der Waals surface area contributed by atoms with Crippen LogP contribution in [0.3, 0.4) is 0 Å². The Labute approximate surface area is 71.4 Å². The van der Waals surface area contributed by atoms with Crippen LogP contribution in [-0.4, -0.2) is 0 Å². The second-order valence-electron chi connectivity index (χ2n) is 2.35. The van der Waals surface area contributed by atoms with Crippen LogP contribution in [0.1, 0.15) is 11.1 Å². The molecule has 0 heterocycles. The minimum Gasteiger partial charge on any atom is -0.274 e. The second-order valence-corrected chi connectivity index (χ2v) is 2.89. The van der Waals surface area contributed by atoms with Gasteiger partial charge in [-0.1, -0.05) is 41.8 Å². The van der Waals surface area contributed by atoms with Gasteiger partial charge < -0.3 is 0 Å². The van der Waals surface area contributed by atoms with Crippen LogP contribution >= 0.6 is 11.9 Å². The molecule has 0 atom stereocenters. The molecule has 0 radical (unpaired) electrons. The third kappa shape index (κ3) is 2.78. The molecule has 0 saturated heterocycles. The SMILES string of the molecule is Cc1ccc(/C=C/SN)cc1. The Morgan fingerprint density at radius 2 is 1.91 bits per heavy atom. The number of benzene rings is 1. The fraction of sp³-hybridized carbons (Fsp3) is 0.111. The first kappa shape index (κ1) is 8.37. The zero-order valence-corrected chi connectivity index (χ0v) is 7.27. The molecule has 1 aromatic rings. The van der Waals surface area contributed by atoms with Gasteiger partial charge in [-0.15, -0.1) is 0 Å². The average molecular weight is 165 g/mol. The lowest BCUT2D eigenvalue weighted by atomic mass is 10.2. The third-order valence-electron chi connectivity index (χ3n) is 1.42. The van der Waals surface area contributed by atoms with E-state index in [0.29, 0.717) is 0 Å². The van der Waals surface area contributed by atoms with Crippen molar-refractivity contribution in [3.63, 3.8) is 0 Å². The molecule has 1 nitrogen and oxygen atoms in total. The molecule has 0 aliphatic carbocycles. The van der Waals surface area contributed by atoms with Crippen molar-refractivity contribution in [2.75, 3.05) is 0 Å². The number of hydrogen-bond acceptors (Lipinski definition) is 2. The van der Waals surface area contributed by atoms with Gasteiger partial charge in [0.25, 0.3) is 0 Å². The van der Waals surface area contributed by atoms with E-state index in [4.69, 9.17) is 5.14 Å². The smallest absolute Gasteiger partial charge is 0.0132 e. The molecular weight excluding hydrogens is 154 g/mol. The van der Waals surface area contributed by atoms with E-state index in [0.717, 1.165) is 0 Å². The normalized spacial score (nSPS) is 10.7. The number of rotatable bonds is 2. The summed E-state index contributed by atoms with van der Waals surface area (Å²) in [6.07, 6.45) is 1.99. The third-order valence-corrected chi connectivity index (χ3v) is 1.71. The van der Waals surface area contributed by atoms with Gasteiger partial charge in [0.2, 0.25) is 0 Å². The first-order valence-electron chi connectivity index (χ1n) is 3.41. The maximum atomic E-state index is 5.24. The second kappa shape index (κ2) is 4.21. The summed E-state index contributed by atoms with van der Waals surface area (Å²) in [4.78, 5) is 0. The molecule has 1 aromatic carbocycles. The summed E-state index contributed by atoms with van der Waals surface area (Å²) in [5.41, 5.74) is 2.47. The molecule has 0 aromatic heterocycles. The van der Waals surface area contributed by atoms with E-state index in [2.05, 4.69) is 31.2 Å². The monoisotopic (exact) mass is 165 g/mol. The van der Waals surface area contributed by atoms with Gasteiger partial charge in [0.05, 0.1) is 0 Å². The van der Waals surface area contributed by atoms with E-state index >= 15 is 0 Å². The molecule has 0 aliphatic rings.